The third-order valence-corrected chi connectivity index (χ3v) is 4.17. The van der Waals surface area contributed by atoms with Gasteiger partial charge in [-0.05, 0) is 12.1 Å². The quantitative estimate of drug-likeness (QED) is 0.752. The third-order valence-electron chi connectivity index (χ3n) is 2.75. The summed E-state index contributed by atoms with van der Waals surface area (Å²) in [5, 5.41) is 4.06. The normalized spacial score (nSPS) is 12.9. The van der Waals surface area contributed by atoms with Crippen LogP contribution in [0.1, 0.15) is 0 Å². The van der Waals surface area contributed by atoms with Gasteiger partial charge in [0, 0.05) is 40.6 Å². The molecule has 1 atom stereocenters. The van der Waals surface area contributed by atoms with Gasteiger partial charge < -0.3 is 4.18 Å². The summed E-state index contributed by atoms with van der Waals surface area (Å²) in [5.41, 5.74) is 0.359. The van der Waals surface area contributed by atoms with Gasteiger partial charge in [-0.3, -0.25) is 9.00 Å². The highest BCUT2D eigenvalue weighted by molar-refractivity contribution is 7.86. The molecule has 0 saturated heterocycles. The zero-order valence-corrected chi connectivity index (χ0v) is 13.8. The molecule has 0 radical (unpaired) electrons. The van der Waals surface area contributed by atoms with Crippen molar-refractivity contribution in [2.75, 3.05) is 12.5 Å². The highest BCUT2D eigenvalue weighted by Gasteiger charge is 2.14. The van der Waals surface area contributed by atoms with Crippen molar-refractivity contribution in [3.05, 3.63) is 40.7 Å². The average Bonchev–Trinajstić information content (AvgIpc) is 2.42. The van der Waals surface area contributed by atoms with E-state index in [1.807, 2.05) is 0 Å². The topological polar surface area (TPSA) is 95.3 Å². The summed E-state index contributed by atoms with van der Waals surface area (Å²) in [7, 11) is -3.51. The van der Waals surface area contributed by atoms with E-state index in [9.17, 15) is 17.4 Å². The molecule has 2 rings (SSSR count). The first-order valence-electron chi connectivity index (χ1n) is 6.09. The van der Waals surface area contributed by atoms with Crippen LogP contribution in [0.4, 0.5) is 0 Å². The van der Waals surface area contributed by atoms with E-state index < -0.39 is 26.5 Å². The fourth-order valence-corrected chi connectivity index (χ4v) is 2.73. The van der Waals surface area contributed by atoms with Crippen molar-refractivity contribution in [3.8, 4) is 17.0 Å². The second-order valence-corrected chi connectivity index (χ2v) is 7.54. The Hall–Kier alpha value is -2.00. The molecule has 0 aliphatic carbocycles. The van der Waals surface area contributed by atoms with Crippen LogP contribution in [0.5, 0.6) is 5.75 Å². The zero-order chi connectivity index (χ0) is 16.5. The van der Waals surface area contributed by atoms with E-state index in [0.29, 0.717) is 16.2 Å². The molecule has 0 aliphatic rings. The van der Waals surface area contributed by atoms with Crippen molar-refractivity contribution >= 4 is 20.9 Å². The fourth-order valence-electron chi connectivity index (χ4n) is 1.76. The molecule has 0 fully saturated rings. The highest BCUT2D eigenvalue weighted by atomic mass is 32.2. The van der Waals surface area contributed by atoms with E-state index in [1.165, 1.54) is 13.1 Å². The summed E-state index contributed by atoms with van der Waals surface area (Å²) >= 11 is 0. The number of nitrogens with zero attached hydrogens (tertiary/aromatic N) is 2. The minimum Gasteiger partial charge on any atom is -0.377 e. The van der Waals surface area contributed by atoms with E-state index in [4.69, 9.17) is 0 Å². The van der Waals surface area contributed by atoms with E-state index in [1.54, 1.807) is 30.5 Å². The monoisotopic (exact) mass is 342 g/mol. The van der Waals surface area contributed by atoms with Crippen LogP contribution in [0.3, 0.4) is 0 Å². The van der Waals surface area contributed by atoms with Crippen molar-refractivity contribution in [1.29, 1.82) is 0 Å². The molecule has 0 amide bonds. The van der Waals surface area contributed by atoms with Crippen LogP contribution in [0.15, 0.2) is 40.0 Å². The molecule has 0 saturated carbocycles. The molecule has 2 aromatic rings. The number of hydrogen-bond acceptors (Lipinski definition) is 6. The smallest absolute Gasteiger partial charge is 0.310 e. The number of aryl methyl sites for hydroxylation is 1. The molecule has 118 valence electrons. The second-order valence-electron chi connectivity index (χ2n) is 4.59. The molecular weight excluding hydrogens is 328 g/mol. The molecule has 22 heavy (non-hydrogen) atoms. The Morgan fingerprint density at radius 3 is 2.32 bits per heavy atom. The lowest BCUT2D eigenvalue weighted by atomic mass is 10.1. The minimum atomic E-state index is -3.81. The fraction of sp³-hybridized carbons (Fsp3) is 0.231. The first-order chi connectivity index (χ1) is 10.2. The first-order valence-corrected chi connectivity index (χ1v) is 9.46. The molecule has 0 aliphatic heterocycles. The van der Waals surface area contributed by atoms with E-state index in [2.05, 4.69) is 9.28 Å². The molecular formula is C13H14N2O5S2. The summed E-state index contributed by atoms with van der Waals surface area (Å²) in [6, 6.07) is 7.99. The van der Waals surface area contributed by atoms with Crippen LogP contribution in [-0.2, 0) is 28.0 Å². The van der Waals surface area contributed by atoms with Crippen molar-refractivity contribution in [2.24, 2.45) is 7.05 Å². The average molecular weight is 342 g/mol. The van der Waals surface area contributed by atoms with Gasteiger partial charge in [0.1, 0.15) is 0 Å². The van der Waals surface area contributed by atoms with E-state index in [-0.39, 0.29) is 5.75 Å². The summed E-state index contributed by atoms with van der Waals surface area (Å²) in [6.45, 7) is 0. The van der Waals surface area contributed by atoms with Crippen molar-refractivity contribution in [1.82, 2.24) is 9.78 Å². The molecule has 1 unspecified atom stereocenters. The largest absolute Gasteiger partial charge is 0.377 e. The lowest BCUT2D eigenvalue weighted by Gasteiger charge is -2.08. The predicted molar refractivity (Wildman–Crippen MR) is 82.7 cm³/mol. The van der Waals surface area contributed by atoms with Crippen molar-refractivity contribution < 1.29 is 16.8 Å². The molecule has 0 N–H and O–H groups in total. The van der Waals surface area contributed by atoms with Gasteiger partial charge in [-0.15, -0.1) is 0 Å². The van der Waals surface area contributed by atoms with Crippen LogP contribution in [0, 0.1) is 0 Å². The lowest BCUT2D eigenvalue weighted by Crippen LogP contribution is -2.23. The number of rotatable bonds is 4. The summed E-state index contributed by atoms with van der Waals surface area (Å²) in [6.07, 6.45) is 2.43. The Balaban J connectivity index is 2.52. The molecule has 1 aromatic heterocycles. The number of benzene rings is 1. The number of aromatic nitrogens is 2. The Kier molecular flexibility index (Phi) is 4.47. The van der Waals surface area contributed by atoms with Gasteiger partial charge in [0.05, 0.1) is 11.9 Å². The van der Waals surface area contributed by atoms with Crippen LogP contribution in [0.2, 0.25) is 0 Å². The van der Waals surface area contributed by atoms with Crippen molar-refractivity contribution in [2.45, 2.75) is 4.90 Å². The molecule has 0 spiro atoms. The van der Waals surface area contributed by atoms with Crippen molar-refractivity contribution in [3.63, 3.8) is 0 Å². The Bertz CT molecular complexity index is 886. The van der Waals surface area contributed by atoms with Crippen LogP contribution in [0.25, 0.3) is 11.3 Å². The molecule has 1 aromatic carbocycles. The van der Waals surface area contributed by atoms with Gasteiger partial charge in [-0.1, -0.05) is 12.1 Å². The standard InChI is InChI=1S/C13H14N2O5S2/c1-15-13(16)12(20-22(3,18)19)8-11(14-15)9-4-6-10(7-5-9)21(2)17/h4-8H,1-3H3. The molecule has 9 heteroatoms. The van der Waals surface area contributed by atoms with Crippen LogP contribution in [-0.4, -0.2) is 34.9 Å². The van der Waals surface area contributed by atoms with Gasteiger partial charge in [0.25, 0.3) is 0 Å². The van der Waals surface area contributed by atoms with Gasteiger partial charge in [-0.2, -0.15) is 13.5 Å². The van der Waals surface area contributed by atoms with Gasteiger partial charge in [0.2, 0.25) is 5.75 Å². The lowest BCUT2D eigenvalue weighted by molar-refractivity contribution is 0.482. The Morgan fingerprint density at radius 2 is 1.82 bits per heavy atom. The maximum absolute atomic E-state index is 11.8. The number of hydrogen-bond donors (Lipinski definition) is 0. The third kappa shape index (κ3) is 3.80. The zero-order valence-electron chi connectivity index (χ0n) is 12.1. The SMILES string of the molecule is Cn1nc(-c2ccc(S(C)=O)cc2)cc(OS(C)(=O)=O)c1=O. The Labute approximate surface area is 130 Å². The van der Waals surface area contributed by atoms with Gasteiger partial charge in [-0.25, -0.2) is 4.68 Å². The molecule has 7 nitrogen and oxygen atoms in total. The maximum Gasteiger partial charge on any atom is 0.310 e. The van der Waals surface area contributed by atoms with Gasteiger partial charge >= 0.3 is 15.7 Å². The highest BCUT2D eigenvalue weighted by Crippen LogP contribution is 2.21. The predicted octanol–water partition coefficient (Wildman–Crippen LogP) is 0.523. The summed E-state index contributed by atoms with van der Waals surface area (Å²) in [5.74, 6) is -0.321. The summed E-state index contributed by atoms with van der Waals surface area (Å²) in [4.78, 5) is 12.5. The minimum absolute atomic E-state index is 0.321. The van der Waals surface area contributed by atoms with E-state index >= 15 is 0 Å². The van der Waals surface area contributed by atoms with Crippen LogP contribution < -0.4 is 9.74 Å². The molecule has 0 bridgehead atoms. The van der Waals surface area contributed by atoms with Gasteiger partial charge in [0.15, 0.2) is 0 Å². The first kappa shape index (κ1) is 16.4. The second kappa shape index (κ2) is 6.01. The maximum atomic E-state index is 11.8. The molecule has 1 heterocycles. The van der Waals surface area contributed by atoms with Crippen LogP contribution >= 0.6 is 0 Å². The summed E-state index contributed by atoms with van der Waals surface area (Å²) < 4.78 is 39.5. The Morgan fingerprint density at radius 1 is 1.23 bits per heavy atom. The van der Waals surface area contributed by atoms with E-state index in [0.717, 1.165) is 10.9 Å².